The highest BCUT2D eigenvalue weighted by molar-refractivity contribution is 6.34. The SMILES string of the molecule is Cc1n[nH]cc1-c1ccc(-c2cnc(C(=O)Nc3ccc(C(=O)N4CCN(C(=O)C5CCCN5)CC4)c(Cl)c3)n2C)c(F)c1F. The number of hydrogen-bond donors (Lipinski definition) is 3. The summed E-state index contributed by atoms with van der Waals surface area (Å²) in [4.78, 5) is 46.6. The standard InChI is InChI=1S/C31H31ClF2N8O3/c1-17-22(15-37-39-17)19-7-8-21(27(34)26(19)33)25-16-36-28(40(25)2)29(43)38-18-5-6-20(23(32)14-18)30(44)41-10-12-42(13-11-41)31(45)24-4-3-9-35-24/h5-8,14-16,24,35H,3-4,9-13H2,1-2H3,(H,37,39)(H,38,43). The summed E-state index contributed by atoms with van der Waals surface area (Å²) >= 11 is 6.47. The molecule has 6 rings (SSSR count). The Bertz CT molecular complexity index is 1790. The van der Waals surface area contributed by atoms with E-state index in [-0.39, 0.29) is 51.1 Å². The lowest BCUT2D eigenvalue weighted by Crippen LogP contribution is -2.54. The third-order valence-electron chi connectivity index (χ3n) is 8.36. The number of aryl methyl sites for hydroxylation is 1. The Morgan fingerprint density at radius 2 is 1.71 bits per heavy atom. The molecule has 2 saturated heterocycles. The van der Waals surface area contributed by atoms with Gasteiger partial charge >= 0.3 is 0 Å². The van der Waals surface area contributed by atoms with Gasteiger partial charge in [-0.25, -0.2) is 13.8 Å². The number of carbonyl (C=O) groups excluding carboxylic acids is 3. The number of amides is 3. The first-order valence-electron chi connectivity index (χ1n) is 14.6. The quantitative estimate of drug-likeness (QED) is 0.294. The van der Waals surface area contributed by atoms with Gasteiger partial charge in [0.05, 0.1) is 34.2 Å². The molecule has 1 atom stereocenters. The van der Waals surface area contributed by atoms with Gasteiger partial charge in [-0.05, 0) is 50.6 Å². The van der Waals surface area contributed by atoms with Gasteiger partial charge in [0.2, 0.25) is 5.91 Å². The summed E-state index contributed by atoms with van der Waals surface area (Å²) in [6.45, 7) is 4.21. The molecule has 4 heterocycles. The highest BCUT2D eigenvalue weighted by atomic mass is 35.5. The van der Waals surface area contributed by atoms with Crippen LogP contribution in [0.15, 0.2) is 42.7 Å². The van der Waals surface area contributed by atoms with Crippen LogP contribution in [0.1, 0.15) is 39.5 Å². The average molecular weight is 637 g/mol. The van der Waals surface area contributed by atoms with E-state index in [4.69, 9.17) is 11.6 Å². The molecule has 2 aromatic carbocycles. The lowest BCUT2D eigenvalue weighted by molar-refractivity contribution is -0.134. The molecular weight excluding hydrogens is 606 g/mol. The number of imidazole rings is 1. The monoisotopic (exact) mass is 636 g/mol. The first kappa shape index (κ1) is 30.4. The minimum atomic E-state index is -1.08. The smallest absolute Gasteiger partial charge is 0.291 e. The van der Waals surface area contributed by atoms with Crippen molar-refractivity contribution < 1.29 is 23.2 Å². The van der Waals surface area contributed by atoms with Crippen LogP contribution in [0, 0.1) is 18.6 Å². The molecule has 2 fully saturated rings. The summed E-state index contributed by atoms with van der Waals surface area (Å²) in [6.07, 6.45) is 4.60. The van der Waals surface area contributed by atoms with Crippen LogP contribution in [0.5, 0.6) is 0 Å². The number of carbonyl (C=O) groups is 3. The van der Waals surface area contributed by atoms with Gasteiger partial charge in [0.25, 0.3) is 11.8 Å². The van der Waals surface area contributed by atoms with E-state index >= 15 is 8.78 Å². The van der Waals surface area contributed by atoms with Gasteiger partial charge in [0.1, 0.15) is 0 Å². The predicted octanol–water partition coefficient (Wildman–Crippen LogP) is 4.01. The van der Waals surface area contributed by atoms with Crippen molar-refractivity contribution in [1.82, 2.24) is 34.9 Å². The summed E-state index contributed by atoms with van der Waals surface area (Å²) < 4.78 is 31.6. The zero-order chi connectivity index (χ0) is 31.8. The van der Waals surface area contributed by atoms with Crippen molar-refractivity contribution in [3.05, 3.63) is 76.5 Å². The number of aromatic amines is 1. The van der Waals surface area contributed by atoms with Gasteiger partial charge in [0.15, 0.2) is 17.5 Å². The fourth-order valence-corrected chi connectivity index (χ4v) is 6.09. The molecule has 14 heteroatoms. The van der Waals surface area contributed by atoms with E-state index in [1.54, 1.807) is 22.8 Å². The van der Waals surface area contributed by atoms with Crippen molar-refractivity contribution >= 4 is 35.0 Å². The van der Waals surface area contributed by atoms with Crippen LogP contribution in [0.25, 0.3) is 22.4 Å². The summed E-state index contributed by atoms with van der Waals surface area (Å²) in [5.74, 6) is -2.95. The number of rotatable bonds is 6. The fraction of sp³-hybridized carbons (Fsp3) is 0.323. The number of piperazine rings is 1. The predicted molar refractivity (Wildman–Crippen MR) is 164 cm³/mol. The van der Waals surface area contributed by atoms with E-state index in [0.29, 0.717) is 43.1 Å². The molecule has 234 valence electrons. The lowest BCUT2D eigenvalue weighted by Gasteiger charge is -2.36. The molecule has 3 N–H and O–H groups in total. The molecule has 45 heavy (non-hydrogen) atoms. The molecule has 2 aliphatic rings. The van der Waals surface area contributed by atoms with E-state index < -0.39 is 17.5 Å². The molecule has 0 aliphatic carbocycles. The van der Waals surface area contributed by atoms with Crippen LogP contribution in [0.2, 0.25) is 5.02 Å². The van der Waals surface area contributed by atoms with E-state index in [0.717, 1.165) is 19.4 Å². The second-order valence-electron chi connectivity index (χ2n) is 11.1. The molecule has 4 aromatic rings. The molecule has 0 radical (unpaired) electrons. The Labute approximate surface area is 262 Å². The van der Waals surface area contributed by atoms with Crippen LogP contribution in [-0.4, -0.2) is 86.0 Å². The maximum absolute atomic E-state index is 15.2. The van der Waals surface area contributed by atoms with Crippen LogP contribution >= 0.6 is 11.6 Å². The molecule has 2 aromatic heterocycles. The van der Waals surface area contributed by atoms with Gasteiger partial charge in [0, 0.05) is 61.8 Å². The lowest BCUT2D eigenvalue weighted by atomic mass is 10.0. The minimum Gasteiger partial charge on any atom is -0.338 e. The number of hydrogen-bond acceptors (Lipinski definition) is 6. The zero-order valence-corrected chi connectivity index (χ0v) is 25.4. The highest BCUT2D eigenvalue weighted by Gasteiger charge is 2.31. The summed E-state index contributed by atoms with van der Waals surface area (Å²) in [5.41, 5.74) is 1.78. The Kier molecular flexibility index (Phi) is 8.38. The van der Waals surface area contributed by atoms with Crippen LogP contribution in [0.4, 0.5) is 14.5 Å². The zero-order valence-electron chi connectivity index (χ0n) is 24.7. The van der Waals surface area contributed by atoms with Crippen molar-refractivity contribution in [3.8, 4) is 22.4 Å². The van der Waals surface area contributed by atoms with Crippen molar-refractivity contribution in [3.63, 3.8) is 0 Å². The highest BCUT2D eigenvalue weighted by Crippen LogP contribution is 2.32. The summed E-state index contributed by atoms with van der Waals surface area (Å²) in [6, 6.07) is 7.29. The third-order valence-corrected chi connectivity index (χ3v) is 8.68. The van der Waals surface area contributed by atoms with E-state index in [9.17, 15) is 14.4 Å². The van der Waals surface area contributed by atoms with E-state index in [1.165, 1.54) is 48.3 Å². The molecule has 0 bridgehead atoms. The average Bonchev–Trinajstić information content (AvgIpc) is 3.80. The first-order valence-corrected chi connectivity index (χ1v) is 14.9. The van der Waals surface area contributed by atoms with Crippen molar-refractivity contribution in [2.24, 2.45) is 7.05 Å². The molecule has 1 unspecified atom stereocenters. The second kappa shape index (κ2) is 12.4. The Balaban J connectivity index is 1.12. The van der Waals surface area contributed by atoms with E-state index in [1.807, 2.05) is 0 Å². The minimum absolute atomic E-state index is 0.0453. The summed E-state index contributed by atoms with van der Waals surface area (Å²) in [7, 11) is 1.52. The molecule has 2 aliphatic heterocycles. The number of aromatic nitrogens is 4. The number of anilines is 1. The normalized spacial score (nSPS) is 16.7. The fourth-order valence-electron chi connectivity index (χ4n) is 5.83. The number of nitrogens with zero attached hydrogens (tertiary/aromatic N) is 5. The number of H-pyrrole nitrogens is 1. The van der Waals surface area contributed by atoms with Crippen LogP contribution in [-0.2, 0) is 11.8 Å². The summed E-state index contributed by atoms with van der Waals surface area (Å²) in [5, 5.41) is 12.7. The Morgan fingerprint density at radius 1 is 1.00 bits per heavy atom. The number of benzene rings is 2. The van der Waals surface area contributed by atoms with Gasteiger partial charge in [-0.1, -0.05) is 17.7 Å². The van der Waals surface area contributed by atoms with Crippen LogP contribution < -0.4 is 10.6 Å². The Hall–Kier alpha value is -4.62. The molecule has 0 saturated carbocycles. The van der Waals surface area contributed by atoms with Crippen molar-refractivity contribution in [2.45, 2.75) is 25.8 Å². The van der Waals surface area contributed by atoms with E-state index in [2.05, 4.69) is 25.8 Å². The molecule has 11 nitrogen and oxygen atoms in total. The first-order chi connectivity index (χ1) is 21.6. The number of halogens is 3. The van der Waals surface area contributed by atoms with Gasteiger partial charge in [-0.3, -0.25) is 19.5 Å². The molecular formula is C31H31ClF2N8O3. The molecule has 0 spiro atoms. The van der Waals surface area contributed by atoms with Gasteiger partial charge < -0.3 is 25.0 Å². The van der Waals surface area contributed by atoms with Crippen molar-refractivity contribution in [2.75, 3.05) is 38.0 Å². The van der Waals surface area contributed by atoms with Gasteiger partial charge in [-0.15, -0.1) is 0 Å². The van der Waals surface area contributed by atoms with Gasteiger partial charge in [-0.2, -0.15) is 5.10 Å². The molecule has 3 amide bonds. The number of nitrogens with one attached hydrogen (secondary N) is 3. The largest absolute Gasteiger partial charge is 0.338 e. The second-order valence-corrected chi connectivity index (χ2v) is 11.5. The topological polar surface area (TPSA) is 128 Å². The van der Waals surface area contributed by atoms with Crippen molar-refractivity contribution in [1.29, 1.82) is 0 Å². The maximum atomic E-state index is 15.2. The van der Waals surface area contributed by atoms with Crippen LogP contribution in [0.3, 0.4) is 0 Å². The maximum Gasteiger partial charge on any atom is 0.291 e. The Morgan fingerprint density at radius 3 is 2.38 bits per heavy atom. The third kappa shape index (κ3) is 5.80.